The summed E-state index contributed by atoms with van der Waals surface area (Å²) in [6.07, 6.45) is 1.60. The molecule has 6 heteroatoms. The highest BCUT2D eigenvalue weighted by molar-refractivity contribution is 9.10. The third-order valence-electron chi connectivity index (χ3n) is 3.77. The minimum atomic E-state index is 0.456. The molecule has 2 N–H and O–H groups in total. The van der Waals surface area contributed by atoms with Crippen LogP contribution in [0.15, 0.2) is 47.1 Å². The van der Waals surface area contributed by atoms with Crippen LogP contribution in [0.25, 0.3) is 0 Å². The molecule has 1 aromatic heterocycles. The van der Waals surface area contributed by atoms with E-state index in [2.05, 4.69) is 67.7 Å². The summed E-state index contributed by atoms with van der Waals surface area (Å²) >= 11 is 3.47. The number of aromatic nitrogens is 3. The minimum absolute atomic E-state index is 0.456. The Morgan fingerprint density at radius 3 is 2.46 bits per heavy atom. The van der Waals surface area contributed by atoms with E-state index in [1.807, 2.05) is 31.2 Å². The van der Waals surface area contributed by atoms with Gasteiger partial charge in [0.1, 0.15) is 0 Å². The highest BCUT2D eigenvalue weighted by Crippen LogP contribution is 2.23. The SMILES string of the molecule is Cc1ccc(Nc2nncc(Nc3ccc(Br)cc3C)n2)cc1C. The van der Waals surface area contributed by atoms with Crippen LogP contribution in [-0.2, 0) is 0 Å². The monoisotopic (exact) mass is 383 g/mol. The largest absolute Gasteiger partial charge is 0.339 e. The number of nitrogens with one attached hydrogen (secondary N) is 2. The molecule has 24 heavy (non-hydrogen) atoms. The third kappa shape index (κ3) is 3.89. The van der Waals surface area contributed by atoms with E-state index in [4.69, 9.17) is 0 Å². The van der Waals surface area contributed by atoms with Crippen LogP contribution in [0.4, 0.5) is 23.1 Å². The van der Waals surface area contributed by atoms with Gasteiger partial charge in [-0.15, -0.1) is 5.10 Å². The van der Waals surface area contributed by atoms with Gasteiger partial charge in [0.15, 0.2) is 5.82 Å². The van der Waals surface area contributed by atoms with Crippen molar-refractivity contribution in [2.75, 3.05) is 10.6 Å². The summed E-state index contributed by atoms with van der Waals surface area (Å²) in [6.45, 7) is 6.20. The molecule has 122 valence electrons. The van der Waals surface area contributed by atoms with E-state index >= 15 is 0 Å². The number of anilines is 4. The first-order chi connectivity index (χ1) is 11.5. The first-order valence-corrected chi connectivity index (χ1v) is 8.38. The number of rotatable bonds is 4. The minimum Gasteiger partial charge on any atom is -0.339 e. The maximum absolute atomic E-state index is 4.47. The fraction of sp³-hybridized carbons (Fsp3) is 0.167. The predicted molar refractivity (Wildman–Crippen MR) is 101 cm³/mol. The summed E-state index contributed by atoms with van der Waals surface area (Å²) in [7, 11) is 0. The lowest BCUT2D eigenvalue weighted by Gasteiger charge is -2.10. The van der Waals surface area contributed by atoms with E-state index in [0.29, 0.717) is 11.8 Å². The lowest BCUT2D eigenvalue weighted by molar-refractivity contribution is 0.982. The molecule has 0 atom stereocenters. The Kier molecular flexibility index (Phi) is 4.76. The molecule has 2 aromatic carbocycles. The van der Waals surface area contributed by atoms with Gasteiger partial charge in [-0.3, -0.25) is 0 Å². The number of hydrogen-bond acceptors (Lipinski definition) is 5. The van der Waals surface area contributed by atoms with E-state index in [0.717, 1.165) is 21.4 Å². The van der Waals surface area contributed by atoms with Gasteiger partial charge in [-0.1, -0.05) is 22.0 Å². The van der Waals surface area contributed by atoms with E-state index in [9.17, 15) is 0 Å². The van der Waals surface area contributed by atoms with Crippen molar-refractivity contribution in [3.63, 3.8) is 0 Å². The molecule has 0 aliphatic carbocycles. The zero-order chi connectivity index (χ0) is 17.1. The smallest absolute Gasteiger partial charge is 0.249 e. The molecule has 0 aliphatic heterocycles. The molecule has 5 nitrogen and oxygen atoms in total. The van der Waals surface area contributed by atoms with E-state index in [1.165, 1.54) is 11.1 Å². The Morgan fingerprint density at radius 1 is 0.875 bits per heavy atom. The molecular formula is C18H18BrN5. The van der Waals surface area contributed by atoms with Gasteiger partial charge in [-0.2, -0.15) is 10.1 Å². The summed E-state index contributed by atoms with van der Waals surface area (Å²) in [6, 6.07) is 12.2. The zero-order valence-corrected chi connectivity index (χ0v) is 15.3. The summed E-state index contributed by atoms with van der Waals surface area (Å²) in [4.78, 5) is 4.47. The molecule has 0 amide bonds. The van der Waals surface area contributed by atoms with Crippen LogP contribution in [0.2, 0.25) is 0 Å². The standard InChI is InChI=1S/C18H18BrN5/c1-11-4-6-15(9-12(11)2)21-18-23-17(10-20-24-18)22-16-7-5-14(19)8-13(16)3/h4-10H,1-3H3,(H2,21,22,23,24). The van der Waals surface area contributed by atoms with Crippen molar-refractivity contribution in [3.8, 4) is 0 Å². The topological polar surface area (TPSA) is 62.7 Å². The molecule has 0 unspecified atom stereocenters. The van der Waals surface area contributed by atoms with E-state index < -0.39 is 0 Å². The van der Waals surface area contributed by atoms with Gasteiger partial charge in [0.25, 0.3) is 0 Å². The van der Waals surface area contributed by atoms with Crippen LogP contribution in [0, 0.1) is 20.8 Å². The fourth-order valence-electron chi connectivity index (χ4n) is 2.27. The van der Waals surface area contributed by atoms with Gasteiger partial charge in [-0.25, -0.2) is 0 Å². The second-order valence-corrected chi connectivity index (χ2v) is 6.59. The van der Waals surface area contributed by atoms with Crippen LogP contribution >= 0.6 is 15.9 Å². The molecule has 0 spiro atoms. The Morgan fingerprint density at radius 2 is 1.71 bits per heavy atom. The molecule has 0 saturated heterocycles. The van der Waals surface area contributed by atoms with Crippen LogP contribution in [0.3, 0.4) is 0 Å². The van der Waals surface area contributed by atoms with Crippen molar-refractivity contribution >= 4 is 39.1 Å². The van der Waals surface area contributed by atoms with E-state index in [-0.39, 0.29) is 0 Å². The molecule has 0 aliphatic rings. The van der Waals surface area contributed by atoms with Gasteiger partial charge in [0.2, 0.25) is 5.95 Å². The molecule has 0 bridgehead atoms. The van der Waals surface area contributed by atoms with Gasteiger partial charge in [-0.05, 0) is 67.8 Å². The van der Waals surface area contributed by atoms with Crippen molar-refractivity contribution in [2.45, 2.75) is 20.8 Å². The molecule has 3 aromatic rings. The highest BCUT2D eigenvalue weighted by Gasteiger charge is 2.05. The first-order valence-electron chi connectivity index (χ1n) is 7.58. The summed E-state index contributed by atoms with van der Waals surface area (Å²) in [5.74, 6) is 1.10. The van der Waals surface area contributed by atoms with Crippen molar-refractivity contribution in [3.05, 3.63) is 63.8 Å². The molecule has 0 fully saturated rings. The molecule has 0 saturated carbocycles. The Bertz CT molecular complexity index is 879. The van der Waals surface area contributed by atoms with Crippen LogP contribution in [0.5, 0.6) is 0 Å². The molecule has 0 radical (unpaired) electrons. The number of aryl methyl sites for hydroxylation is 3. The van der Waals surface area contributed by atoms with Crippen molar-refractivity contribution in [1.29, 1.82) is 0 Å². The third-order valence-corrected chi connectivity index (χ3v) is 4.27. The highest BCUT2D eigenvalue weighted by atomic mass is 79.9. The number of nitrogens with zero attached hydrogens (tertiary/aromatic N) is 3. The van der Waals surface area contributed by atoms with Crippen LogP contribution in [-0.4, -0.2) is 15.2 Å². The number of hydrogen-bond donors (Lipinski definition) is 2. The Balaban J connectivity index is 1.79. The normalized spacial score (nSPS) is 10.5. The van der Waals surface area contributed by atoms with Crippen LogP contribution in [0.1, 0.15) is 16.7 Å². The van der Waals surface area contributed by atoms with Crippen molar-refractivity contribution in [2.24, 2.45) is 0 Å². The molecule has 1 heterocycles. The zero-order valence-electron chi connectivity index (χ0n) is 13.8. The van der Waals surface area contributed by atoms with Crippen molar-refractivity contribution in [1.82, 2.24) is 15.2 Å². The van der Waals surface area contributed by atoms with Crippen molar-refractivity contribution < 1.29 is 0 Å². The summed E-state index contributed by atoms with van der Waals surface area (Å²) < 4.78 is 1.04. The Hall–Kier alpha value is -2.47. The molecular weight excluding hydrogens is 366 g/mol. The maximum atomic E-state index is 4.47. The summed E-state index contributed by atoms with van der Waals surface area (Å²) in [5.41, 5.74) is 5.51. The quantitative estimate of drug-likeness (QED) is 0.659. The predicted octanol–water partition coefficient (Wildman–Crippen LogP) is 5.05. The first kappa shape index (κ1) is 16.4. The lowest BCUT2D eigenvalue weighted by Crippen LogP contribution is -2.03. The number of benzene rings is 2. The Labute approximate surface area is 149 Å². The number of halogens is 1. The van der Waals surface area contributed by atoms with Crippen LogP contribution < -0.4 is 10.6 Å². The average Bonchev–Trinajstić information content (AvgIpc) is 2.54. The fourth-order valence-corrected chi connectivity index (χ4v) is 2.75. The second kappa shape index (κ2) is 6.97. The lowest BCUT2D eigenvalue weighted by atomic mass is 10.1. The van der Waals surface area contributed by atoms with Gasteiger partial charge >= 0.3 is 0 Å². The average molecular weight is 384 g/mol. The molecule has 3 rings (SSSR count). The maximum Gasteiger partial charge on any atom is 0.249 e. The van der Waals surface area contributed by atoms with Gasteiger partial charge in [0.05, 0.1) is 6.20 Å². The van der Waals surface area contributed by atoms with Gasteiger partial charge in [0, 0.05) is 15.8 Å². The van der Waals surface area contributed by atoms with Gasteiger partial charge < -0.3 is 10.6 Å². The summed E-state index contributed by atoms with van der Waals surface area (Å²) in [5, 5.41) is 14.5. The second-order valence-electron chi connectivity index (χ2n) is 5.67. The van der Waals surface area contributed by atoms with E-state index in [1.54, 1.807) is 6.20 Å².